The van der Waals surface area contributed by atoms with Crippen LogP contribution in [0, 0.1) is 0 Å². The summed E-state index contributed by atoms with van der Waals surface area (Å²) in [6.45, 7) is 8.16. The maximum absolute atomic E-state index is 5.60. The van der Waals surface area contributed by atoms with Crippen molar-refractivity contribution in [3.05, 3.63) is 42.5 Å². The molecular formula is C13H19NO. The summed E-state index contributed by atoms with van der Waals surface area (Å²) in [6, 6.07) is 8.23. The number of hydrogen-bond donors (Lipinski definition) is 1. The molecule has 0 atom stereocenters. The molecule has 82 valence electrons. The lowest BCUT2D eigenvalue weighted by Gasteiger charge is -2.07. The van der Waals surface area contributed by atoms with Crippen LogP contribution in [-0.4, -0.2) is 19.7 Å². The van der Waals surface area contributed by atoms with Gasteiger partial charge < -0.3 is 10.1 Å². The molecule has 1 rings (SSSR count). The van der Waals surface area contributed by atoms with Gasteiger partial charge in [0.05, 0.1) is 0 Å². The largest absolute Gasteiger partial charge is 0.492 e. The summed E-state index contributed by atoms with van der Waals surface area (Å²) in [4.78, 5) is 0. The van der Waals surface area contributed by atoms with Gasteiger partial charge in [-0.3, -0.25) is 0 Å². The molecule has 1 aromatic rings. The highest BCUT2D eigenvalue weighted by Crippen LogP contribution is 2.13. The van der Waals surface area contributed by atoms with E-state index in [-0.39, 0.29) is 0 Å². The second kappa shape index (κ2) is 7.07. The van der Waals surface area contributed by atoms with E-state index in [1.807, 2.05) is 18.2 Å². The van der Waals surface area contributed by atoms with Gasteiger partial charge in [-0.15, -0.1) is 6.58 Å². The van der Waals surface area contributed by atoms with E-state index in [0.29, 0.717) is 6.61 Å². The van der Waals surface area contributed by atoms with Crippen molar-refractivity contribution in [3.8, 4) is 5.75 Å². The van der Waals surface area contributed by atoms with Crippen molar-refractivity contribution in [2.75, 3.05) is 19.7 Å². The van der Waals surface area contributed by atoms with Crippen molar-refractivity contribution in [1.29, 1.82) is 0 Å². The number of benzene rings is 1. The minimum Gasteiger partial charge on any atom is -0.492 e. The molecular weight excluding hydrogens is 186 g/mol. The second-order valence-electron chi connectivity index (χ2n) is 3.34. The lowest BCUT2D eigenvalue weighted by atomic mass is 10.2. The molecule has 0 amide bonds. The molecule has 0 aliphatic carbocycles. The zero-order chi connectivity index (χ0) is 10.9. The second-order valence-corrected chi connectivity index (χ2v) is 3.34. The first-order valence-corrected chi connectivity index (χ1v) is 5.40. The monoisotopic (exact) mass is 205 g/mol. The van der Waals surface area contributed by atoms with Crippen LogP contribution in [0.3, 0.4) is 0 Å². The van der Waals surface area contributed by atoms with Crippen LogP contribution in [0.2, 0.25) is 0 Å². The highest BCUT2D eigenvalue weighted by atomic mass is 16.5. The fourth-order valence-electron chi connectivity index (χ4n) is 1.30. The summed E-state index contributed by atoms with van der Waals surface area (Å²) in [7, 11) is 0. The van der Waals surface area contributed by atoms with Gasteiger partial charge in [0.2, 0.25) is 0 Å². The van der Waals surface area contributed by atoms with Gasteiger partial charge in [0, 0.05) is 13.1 Å². The van der Waals surface area contributed by atoms with Crippen LogP contribution in [0.25, 0.3) is 0 Å². The highest BCUT2D eigenvalue weighted by molar-refractivity contribution is 5.28. The third kappa shape index (κ3) is 4.66. The summed E-state index contributed by atoms with van der Waals surface area (Å²) in [5, 5.41) is 3.19. The molecule has 2 nitrogen and oxygen atoms in total. The Kier molecular flexibility index (Phi) is 5.56. The zero-order valence-electron chi connectivity index (χ0n) is 9.33. The predicted octanol–water partition coefficient (Wildman–Crippen LogP) is 2.40. The Labute approximate surface area is 92.0 Å². The first-order valence-electron chi connectivity index (χ1n) is 5.40. The van der Waals surface area contributed by atoms with Gasteiger partial charge in [-0.2, -0.15) is 0 Å². The standard InChI is InChI=1S/C13H19NO/c1-3-8-14-9-10-15-13-7-5-6-12(4-2)11-13/h3,5-7,11,14H,1,4,8-10H2,2H3. The fraction of sp³-hybridized carbons (Fsp3) is 0.385. The summed E-state index contributed by atoms with van der Waals surface area (Å²) in [6.07, 6.45) is 2.89. The Morgan fingerprint density at radius 1 is 1.47 bits per heavy atom. The Hall–Kier alpha value is -1.28. The molecule has 0 heterocycles. The minimum absolute atomic E-state index is 0.695. The van der Waals surface area contributed by atoms with Crippen molar-refractivity contribution >= 4 is 0 Å². The van der Waals surface area contributed by atoms with Crippen LogP contribution in [-0.2, 0) is 6.42 Å². The van der Waals surface area contributed by atoms with Gasteiger partial charge in [0.15, 0.2) is 0 Å². The van der Waals surface area contributed by atoms with E-state index in [2.05, 4.69) is 31.0 Å². The van der Waals surface area contributed by atoms with Crippen molar-refractivity contribution in [3.63, 3.8) is 0 Å². The molecule has 0 saturated heterocycles. The van der Waals surface area contributed by atoms with Crippen LogP contribution in [0.15, 0.2) is 36.9 Å². The lowest BCUT2D eigenvalue weighted by Crippen LogP contribution is -2.20. The molecule has 1 aromatic carbocycles. The number of aryl methyl sites for hydroxylation is 1. The number of nitrogens with one attached hydrogen (secondary N) is 1. The molecule has 0 spiro atoms. The molecule has 0 bridgehead atoms. The van der Waals surface area contributed by atoms with Crippen LogP contribution in [0.4, 0.5) is 0 Å². The van der Waals surface area contributed by atoms with Crippen LogP contribution >= 0.6 is 0 Å². The summed E-state index contributed by atoms with van der Waals surface area (Å²) in [5.41, 5.74) is 1.31. The van der Waals surface area contributed by atoms with Gasteiger partial charge in [-0.1, -0.05) is 25.1 Å². The molecule has 1 N–H and O–H groups in total. The average molecular weight is 205 g/mol. The molecule has 0 aliphatic rings. The van der Waals surface area contributed by atoms with E-state index >= 15 is 0 Å². The normalized spacial score (nSPS) is 9.93. The maximum Gasteiger partial charge on any atom is 0.119 e. The van der Waals surface area contributed by atoms with Gasteiger partial charge in [0.1, 0.15) is 12.4 Å². The molecule has 0 saturated carbocycles. The molecule has 0 aromatic heterocycles. The van der Waals surface area contributed by atoms with E-state index in [1.54, 1.807) is 0 Å². The number of ether oxygens (including phenoxy) is 1. The maximum atomic E-state index is 5.60. The minimum atomic E-state index is 0.695. The number of rotatable bonds is 7. The van der Waals surface area contributed by atoms with E-state index in [0.717, 1.165) is 25.3 Å². The summed E-state index contributed by atoms with van der Waals surface area (Å²) < 4.78 is 5.60. The third-order valence-electron chi connectivity index (χ3n) is 2.14. The first-order chi connectivity index (χ1) is 7.36. The van der Waals surface area contributed by atoms with Crippen molar-refractivity contribution in [1.82, 2.24) is 5.32 Å². The highest BCUT2D eigenvalue weighted by Gasteiger charge is 1.94. The zero-order valence-corrected chi connectivity index (χ0v) is 9.33. The predicted molar refractivity (Wildman–Crippen MR) is 64.4 cm³/mol. The van der Waals surface area contributed by atoms with Gasteiger partial charge in [0.25, 0.3) is 0 Å². The van der Waals surface area contributed by atoms with E-state index in [1.165, 1.54) is 5.56 Å². The fourth-order valence-corrected chi connectivity index (χ4v) is 1.30. The molecule has 0 aliphatic heterocycles. The smallest absolute Gasteiger partial charge is 0.119 e. The SMILES string of the molecule is C=CCNCCOc1cccc(CC)c1. The van der Waals surface area contributed by atoms with Crippen molar-refractivity contribution < 1.29 is 4.74 Å². The van der Waals surface area contributed by atoms with E-state index in [4.69, 9.17) is 4.74 Å². The first kappa shape index (κ1) is 11.8. The molecule has 0 fully saturated rings. The van der Waals surface area contributed by atoms with Crippen LogP contribution in [0.5, 0.6) is 5.75 Å². The topological polar surface area (TPSA) is 21.3 Å². The Morgan fingerprint density at radius 3 is 3.07 bits per heavy atom. The summed E-state index contributed by atoms with van der Waals surface area (Å²) >= 11 is 0. The van der Waals surface area contributed by atoms with Gasteiger partial charge >= 0.3 is 0 Å². The molecule has 15 heavy (non-hydrogen) atoms. The average Bonchev–Trinajstić information content (AvgIpc) is 2.29. The third-order valence-corrected chi connectivity index (χ3v) is 2.14. The van der Waals surface area contributed by atoms with Crippen LogP contribution < -0.4 is 10.1 Å². The van der Waals surface area contributed by atoms with E-state index < -0.39 is 0 Å². The Morgan fingerprint density at radius 2 is 2.33 bits per heavy atom. The van der Waals surface area contributed by atoms with Crippen LogP contribution in [0.1, 0.15) is 12.5 Å². The number of hydrogen-bond acceptors (Lipinski definition) is 2. The Bertz CT molecular complexity index is 296. The van der Waals surface area contributed by atoms with Crippen molar-refractivity contribution in [2.45, 2.75) is 13.3 Å². The summed E-state index contributed by atoms with van der Waals surface area (Å²) in [5.74, 6) is 0.953. The van der Waals surface area contributed by atoms with Gasteiger partial charge in [-0.25, -0.2) is 0 Å². The quantitative estimate of drug-likeness (QED) is 0.545. The van der Waals surface area contributed by atoms with E-state index in [9.17, 15) is 0 Å². The molecule has 0 radical (unpaired) electrons. The van der Waals surface area contributed by atoms with Crippen molar-refractivity contribution in [2.24, 2.45) is 0 Å². The molecule has 2 heteroatoms. The Balaban J connectivity index is 2.27. The molecule has 0 unspecified atom stereocenters. The van der Waals surface area contributed by atoms with Gasteiger partial charge in [-0.05, 0) is 24.1 Å². The lowest BCUT2D eigenvalue weighted by molar-refractivity contribution is 0.316.